The number of nitrogens with zero attached hydrogens (tertiary/aromatic N) is 2. The lowest BCUT2D eigenvalue weighted by Crippen LogP contribution is -1.98. The van der Waals surface area contributed by atoms with Crippen molar-refractivity contribution in [1.29, 1.82) is 0 Å². The quantitative estimate of drug-likeness (QED) is 0.489. The van der Waals surface area contributed by atoms with Crippen LogP contribution in [0, 0.1) is 13.8 Å². The zero-order valence-electron chi connectivity index (χ0n) is 14.5. The van der Waals surface area contributed by atoms with Crippen molar-refractivity contribution in [2.45, 2.75) is 13.8 Å². The minimum Gasteiger partial charge on any atom is -0.508 e. The second-order valence-corrected chi connectivity index (χ2v) is 6.87. The molecule has 0 atom stereocenters. The predicted molar refractivity (Wildman–Crippen MR) is 107 cm³/mol. The van der Waals surface area contributed by atoms with Gasteiger partial charge in [0.2, 0.25) is 0 Å². The summed E-state index contributed by atoms with van der Waals surface area (Å²) in [6.07, 6.45) is 1.85. The average molecular weight is 364 g/mol. The summed E-state index contributed by atoms with van der Waals surface area (Å²) in [6.45, 7) is 4.15. The van der Waals surface area contributed by atoms with E-state index < -0.39 is 0 Å². The third-order valence-corrected chi connectivity index (χ3v) is 4.43. The normalized spacial score (nSPS) is 11.0. The van der Waals surface area contributed by atoms with Gasteiger partial charge in [-0.3, -0.25) is 4.40 Å². The molecule has 4 aromatic rings. The lowest BCUT2D eigenvalue weighted by Gasteiger charge is -2.11. The maximum Gasteiger partial charge on any atom is 0.143 e. The van der Waals surface area contributed by atoms with E-state index in [1.54, 1.807) is 12.1 Å². The maximum absolute atomic E-state index is 9.59. The Balaban J connectivity index is 1.91. The first-order chi connectivity index (χ1) is 12.5. The Morgan fingerprint density at radius 1 is 0.962 bits per heavy atom. The van der Waals surface area contributed by atoms with Crippen molar-refractivity contribution >= 4 is 28.8 Å². The van der Waals surface area contributed by atoms with Crippen molar-refractivity contribution in [1.82, 2.24) is 9.38 Å². The van der Waals surface area contributed by atoms with Crippen molar-refractivity contribution in [3.63, 3.8) is 0 Å². The van der Waals surface area contributed by atoms with Gasteiger partial charge in [0.1, 0.15) is 22.9 Å². The number of phenolic OH excluding ortho intramolecular Hbond substituents is 1. The van der Waals surface area contributed by atoms with E-state index in [1.165, 1.54) is 11.1 Å². The Bertz CT molecular complexity index is 1080. The van der Waals surface area contributed by atoms with Gasteiger partial charge in [-0.05, 0) is 73.5 Å². The number of aromatic hydroxyl groups is 1. The number of benzene rings is 2. The van der Waals surface area contributed by atoms with Gasteiger partial charge in [0.15, 0.2) is 0 Å². The summed E-state index contributed by atoms with van der Waals surface area (Å²) < 4.78 is 1.95. The van der Waals surface area contributed by atoms with Gasteiger partial charge in [0, 0.05) is 17.4 Å². The minimum absolute atomic E-state index is 0.226. The van der Waals surface area contributed by atoms with Crippen molar-refractivity contribution in [3.05, 3.63) is 76.9 Å². The number of hydrogen-bond acceptors (Lipinski definition) is 3. The number of aromatic nitrogens is 2. The lowest BCUT2D eigenvalue weighted by atomic mass is 10.1. The van der Waals surface area contributed by atoms with E-state index in [4.69, 9.17) is 16.6 Å². The Labute approximate surface area is 156 Å². The molecule has 4 nitrogen and oxygen atoms in total. The fourth-order valence-corrected chi connectivity index (χ4v) is 3.30. The molecule has 2 heterocycles. The molecule has 2 N–H and O–H groups in total. The molecule has 0 aliphatic heterocycles. The van der Waals surface area contributed by atoms with Crippen molar-refractivity contribution in [2.24, 2.45) is 0 Å². The van der Waals surface area contributed by atoms with E-state index in [9.17, 15) is 5.11 Å². The molecule has 0 fully saturated rings. The van der Waals surface area contributed by atoms with E-state index in [0.29, 0.717) is 5.02 Å². The number of fused-ring (bicyclic) bond motifs is 1. The molecule has 0 spiro atoms. The first kappa shape index (κ1) is 16.5. The molecule has 0 aliphatic rings. The molecule has 26 heavy (non-hydrogen) atoms. The number of nitrogens with one attached hydrogen (secondary N) is 1. The van der Waals surface area contributed by atoms with Crippen LogP contribution in [0.5, 0.6) is 5.75 Å². The highest BCUT2D eigenvalue weighted by molar-refractivity contribution is 6.30. The second-order valence-electron chi connectivity index (χ2n) is 6.43. The third-order valence-electron chi connectivity index (χ3n) is 4.21. The molecule has 0 aliphatic carbocycles. The van der Waals surface area contributed by atoms with Gasteiger partial charge < -0.3 is 10.4 Å². The molecule has 4 rings (SSSR count). The average Bonchev–Trinajstić information content (AvgIpc) is 2.92. The molecule has 5 heteroatoms. The first-order valence-electron chi connectivity index (χ1n) is 8.32. The first-order valence-corrected chi connectivity index (χ1v) is 8.70. The fraction of sp³-hybridized carbons (Fsp3) is 0.0952. The zero-order valence-corrected chi connectivity index (χ0v) is 15.2. The zero-order chi connectivity index (χ0) is 18.3. The standard InChI is InChI=1S/C21H18ClN3O/c1-13-9-14(2)11-17(10-13)23-21-20(15-3-6-18(26)7-4-15)24-19-8-5-16(22)12-25(19)21/h3-12,23,26H,1-2H3. The summed E-state index contributed by atoms with van der Waals surface area (Å²) in [5.74, 6) is 1.06. The summed E-state index contributed by atoms with van der Waals surface area (Å²) in [6, 6.07) is 17.1. The molecule has 2 aromatic heterocycles. The molecule has 0 unspecified atom stereocenters. The number of phenols is 1. The largest absolute Gasteiger partial charge is 0.508 e. The summed E-state index contributed by atoms with van der Waals surface area (Å²) in [5.41, 5.74) is 5.87. The van der Waals surface area contributed by atoms with Crippen molar-refractivity contribution in [2.75, 3.05) is 5.32 Å². The van der Waals surface area contributed by atoms with Gasteiger partial charge in [0.25, 0.3) is 0 Å². The summed E-state index contributed by atoms with van der Waals surface area (Å²) in [5, 5.41) is 13.7. The summed E-state index contributed by atoms with van der Waals surface area (Å²) in [4.78, 5) is 4.75. The van der Waals surface area contributed by atoms with E-state index in [-0.39, 0.29) is 5.75 Å². The number of anilines is 2. The predicted octanol–water partition coefficient (Wildman–Crippen LogP) is 5.72. The Morgan fingerprint density at radius 3 is 2.35 bits per heavy atom. The molecule has 0 bridgehead atoms. The van der Waals surface area contributed by atoms with Crippen LogP contribution in [-0.4, -0.2) is 14.5 Å². The van der Waals surface area contributed by atoms with Crippen LogP contribution in [0.15, 0.2) is 60.8 Å². The van der Waals surface area contributed by atoms with Crippen LogP contribution in [0.1, 0.15) is 11.1 Å². The van der Waals surface area contributed by atoms with Crippen LogP contribution in [0.3, 0.4) is 0 Å². The van der Waals surface area contributed by atoms with Crippen LogP contribution in [0.4, 0.5) is 11.5 Å². The molecule has 0 radical (unpaired) electrons. The number of pyridine rings is 1. The summed E-state index contributed by atoms with van der Waals surface area (Å²) in [7, 11) is 0. The topological polar surface area (TPSA) is 49.6 Å². The lowest BCUT2D eigenvalue weighted by molar-refractivity contribution is 0.475. The second kappa shape index (κ2) is 6.39. The molecule has 0 amide bonds. The summed E-state index contributed by atoms with van der Waals surface area (Å²) >= 11 is 6.21. The number of hydrogen-bond donors (Lipinski definition) is 2. The van der Waals surface area contributed by atoms with Crippen molar-refractivity contribution < 1.29 is 5.11 Å². The van der Waals surface area contributed by atoms with Crippen LogP contribution in [0.2, 0.25) is 5.02 Å². The van der Waals surface area contributed by atoms with Gasteiger partial charge in [-0.2, -0.15) is 0 Å². The van der Waals surface area contributed by atoms with Crippen LogP contribution in [0.25, 0.3) is 16.9 Å². The minimum atomic E-state index is 0.226. The monoisotopic (exact) mass is 363 g/mol. The molecular weight excluding hydrogens is 346 g/mol. The molecule has 0 saturated heterocycles. The van der Waals surface area contributed by atoms with Gasteiger partial charge in [-0.15, -0.1) is 0 Å². The van der Waals surface area contributed by atoms with Gasteiger partial charge in [-0.25, -0.2) is 4.98 Å². The third kappa shape index (κ3) is 3.11. The highest BCUT2D eigenvalue weighted by atomic mass is 35.5. The molecule has 130 valence electrons. The van der Waals surface area contributed by atoms with Crippen LogP contribution < -0.4 is 5.32 Å². The van der Waals surface area contributed by atoms with Crippen molar-refractivity contribution in [3.8, 4) is 17.0 Å². The van der Waals surface area contributed by atoms with E-state index >= 15 is 0 Å². The molecular formula is C21H18ClN3O. The van der Waals surface area contributed by atoms with Gasteiger partial charge >= 0.3 is 0 Å². The number of aryl methyl sites for hydroxylation is 2. The number of halogens is 1. The Kier molecular flexibility index (Phi) is 4.05. The van der Waals surface area contributed by atoms with E-state index in [1.807, 2.05) is 34.9 Å². The number of rotatable bonds is 3. The number of imidazole rings is 1. The highest BCUT2D eigenvalue weighted by Gasteiger charge is 2.15. The molecule has 0 saturated carbocycles. The highest BCUT2D eigenvalue weighted by Crippen LogP contribution is 2.33. The van der Waals surface area contributed by atoms with Gasteiger partial charge in [-0.1, -0.05) is 17.7 Å². The molecule has 2 aromatic carbocycles. The SMILES string of the molecule is Cc1cc(C)cc(Nc2c(-c3ccc(O)cc3)nc3ccc(Cl)cn23)c1. The fourth-order valence-electron chi connectivity index (χ4n) is 3.14. The van der Waals surface area contributed by atoms with Gasteiger partial charge in [0.05, 0.1) is 5.02 Å². The Morgan fingerprint density at radius 2 is 1.65 bits per heavy atom. The Hall–Kier alpha value is -2.98. The van der Waals surface area contributed by atoms with E-state index in [2.05, 4.69) is 37.4 Å². The van der Waals surface area contributed by atoms with E-state index in [0.717, 1.165) is 28.4 Å². The van der Waals surface area contributed by atoms with Crippen LogP contribution >= 0.6 is 11.6 Å². The maximum atomic E-state index is 9.59. The van der Waals surface area contributed by atoms with Crippen LogP contribution in [-0.2, 0) is 0 Å². The smallest absolute Gasteiger partial charge is 0.143 e.